The summed E-state index contributed by atoms with van der Waals surface area (Å²) in [6, 6.07) is 5.59. The maximum absolute atomic E-state index is 9.76. The average molecular weight is 192 g/mol. The molecule has 1 aromatic carbocycles. The van der Waals surface area contributed by atoms with E-state index in [0.717, 1.165) is 30.4 Å². The first-order valence-corrected chi connectivity index (χ1v) is 5.15. The van der Waals surface area contributed by atoms with Crippen LogP contribution >= 0.6 is 0 Å². The number of hydrogen-bond acceptors (Lipinski definition) is 2. The summed E-state index contributed by atoms with van der Waals surface area (Å²) in [5, 5.41) is 19.2. The third-order valence-corrected chi connectivity index (χ3v) is 2.81. The van der Waals surface area contributed by atoms with Crippen LogP contribution in [0.4, 0.5) is 0 Å². The van der Waals surface area contributed by atoms with Gasteiger partial charge in [0.2, 0.25) is 0 Å². The first-order valence-electron chi connectivity index (χ1n) is 5.15. The van der Waals surface area contributed by atoms with Crippen molar-refractivity contribution in [2.24, 2.45) is 0 Å². The number of hydrogen-bond donors (Lipinski definition) is 2. The third-order valence-electron chi connectivity index (χ3n) is 2.81. The Kier molecular flexibility index (Phi) is 2.23. The van der Waals surface area contributed by atoms with Gasteiger partial charge in [0.1, 0.15) is 5.75 Å². The lowest BCUT2D eigenvalue weighted by Gasteiger charge is -2.09. The summed E-state index contributed by atoms with van der Waals surface area (Å²) in [6.45, 7) is 2.06. The molecule has 76 valence electrons. The van der Waals surface area contributed by atoms with Gasteiger partial charge in [0.15, 0.2) is 0 Å². The van der Waals surface area contributed by atoms with Crippen LogP contribution in [0.25, 0.3) is 0 Å². The zero-order chi connectivity index (χ0) is 10.2. The molecule has 1 aliphatic carbocycles. The van der Waals surface area contributed by atoms with E-state index in [2.05, 4.69) is 13.0 Å². The van der Waals surface area contributed by atoms with E-state index in [9.17, 15) is 10.2 Å². The SMILES string of the molecule is CCc1cc(O)cc(CC2(O)CC2)c1. The van der Waals surface area contributed by atoms with Crippen LogP contribution in [-0.4, -0.2) is 15.8 Å². The molecular weight excluding hydrogens is 176 g/mol. The molecule has 2 nitrogen and oxygen atoms in total. The summed E-state index contributed by atoms with van der Waals surface area (Å²) in [4.78, 5) is 0. The highest BCUT2D eigenvalue weighted by atomic mass is 16.3. The Morgan fingerprint density at radius 1 is 1.21 bits per heavy atom. The van der Waals surface area contributed by atoms with Crippen molar-refractivity contribution >= 4 is 0 Å². The molecule has 0 aliphatic heterocycles. The first-order chi connectivity index (χ1) is 6.61. The van der Waals surface area contributed by atoms with E-state index < -0.39 is 5.60 Å². The number of phenols is 1. The number of benzene rings is 1. The predicted octanol–water partition coefficient (Wildman–Crippen LogP) is 2.02. The summed E-state index contributed by atoms with van der Waals surface area (Å²) in [6.07, 6.45) is 3.38. The number of aliphatic hydroxyl groups is 1. The Morgan fingerprint density at radius 3 is 2.43 bits per heavy atom. The summed E-state index contributed by atoms with van der Waals surface area (Å²) in [7, 11) is 0. The van der Waals surface area contributed by atoms with Crippen molar-refractivity contribution in [3.63, 3.8) is 0 Å². The van der Waals surface area contributed by atoms with Crippen LogP contribution in [0.1, 0.15) is 30.9 Å². The van der Waals surface area contributed by atoms with Crippen molar-refractivity contribution in [3.05, 3.63) is 29.3 Å². The number of rotatable bonds is 3. The fourth-order valence-corrected chi connectivity index (χ4v) is 1.75. The Hall–Kier alpha value is -1.02. The molecule has 0 amide bonds. The highest BCUT2D eigenvalue weighted by molar-refractivity contribution is 5.34. The molecule has 0 saturated heterocycles. The largest absolute Gasteiger partial charge is 0.508 e. The molecule has 1 aromatic rings. The standard InChI is InChI=1S/C12H16O2/c1-2-9-5-10(7-11(13)6-9)8-12(14)3-4-12/h5-7,13-14H,2-4,8H2,1H3. The summed E-state index contributed by atoms with van der Waals surface area (Å²) < 4.78 is 0. The molecule has 0 unspecified atom stereocenters. The Labute approximate surface area is 84.2 Å². The van der Waals surface area contributed by atoms with E-state index >= 15 is 0 Å². The number of aryl methyl sites for hydroxylation is 1. The maximum Gasteiger partial charge on any atom is 0.116 e. The van der Waals surface area contributed by atoms with Gasteiger partial charge < -0.3 is 10.2 Å². The molecule has 0 heterocycles. The number of aromatic hydroxyl groups is 1. The van der Waals surface area contributed by atoms with Gasteiger partial charge in [0.25, 0.3) is 0 Å². The second-order valence-corrected chi connectivity index (χ2v) is 4.26. The molecular formula is C12H16O2. The van der Waals surface area contributed by atoms with Crippen molar-refractivity contribution < 1.29 is 10.2 Å². The van der Waals surface area contributed by atoms with E-state index in [1.54, 1.807) is 12.1 Å². The normalized spacial score (nSPS) is 18.1. The zero-order valence-electron chi connectivity index (χ0n) is 8.45. The molecule has 2 rings (SSSR count). The average Bonchev–Trinajstić information content (AvgIpc) is 2.82. The van der Waals surface area contributed by atoms with Crippen molar-refractivity contribution in [2.75, 3.05) is 0 Å². The van der Waals surface area contributed by atoms with E-state index in [0.29, 0.717) is 12.2 Å². The Balaban J connectivity index is 2.20. The molecule has 2 N–H and O–H groups in total. The van der Waals surface area contributed by atoms with Gasteiger partial charge in [-0.3, -0.25) is 0 Å². The minimum atomic E-state index is -0.473. The van der Waals surface area contributed by atoms with Crippen molar-refractivity contribution in [1.29, 1.82) is 0 Å². The van der Waals surface area contributed by atoms with Crippen molar-refractivity contribution in [1.82, 2.24) is 0 Å². The van der Waals surface area contributed by atoms with Gasteiger partial charge in [-0.25, -0.2) is 0 Å². The van der Waals surface area contributed by atoms with E-state index in [1.807, 2.05) is 0 Å². The predicted molar refractivity (Wildman–Crippen MR) is 55.4 cm³/mol. The van der Waals surface area contributed by atoms with Gasteiger partial charge >= 0.3 is 0 Å². The van der Waals surface area contributed by atoms with Gasteiger partial charge in [-0.1, -0.05) is 13.0 Å². The van der Waals surface area contributed by atoms with Gasteiger partial charge in [0.05, 0.1) is 5.60 Å². The molecule has 0 aromatic heterocycles. The van der Waals surface area contributed by atoms with Gasteiger partial charge in [-0.2, -0.15) is 0 Å². The fourth-order valence-electron chi connectivity index (χ4n) is 1.75. The second-order valence-electron chi connectivity index (χ2n) is 4.26. The van der Waals surface area contributed by atoms with Gasteiger partial charge in [0, 0.05) is 6.42 Å². The molecule has 1 aliphatic rings. The van der Waals surface area contributed by atoms with Crippen LogP contribution in [0.15, 0.2) is 18.2 Å². The smallest absolute Gasteiger partial charge is 0.116 e. The molecule has 0 radical (unpaired) electrons. The lowest BCUT2D eigenvalue weighted by Crippen LogP contribution is -2.10. The first kappa shape index (κ1) is 9.53. The molecule has 0 atom stereocenters. The van der Waals surface area contributed by atoms with Crippen LogP contribution in [0, 0.1) is 0 Å². The van der Waals surface area contributed by atoms with Crippen molar-refractivity contribution in [3.8, 4) is 5.75 Å². The third kappa shape index (κ3) is 2.07. The summed E-state index contributed by atoms with van der Waals surface area (Å²) in [5.41, 5.74) is 1.70. The van der Waals surface area contributed by atoms with Crippen molar-refractivity contribution in [2.45, 2.75) is 38.2 Å². The highest BCUT2D eigenvalue weighted by Crippen LogP contribution is 2.38. The summed E-state index contributed by atoms with van der Waals surface area (Å²) in [5.74, 6) is 0.309. The fraction of sp³-hybridized carbons (Fsp3) is 0.500. The Morgan fingerprint density at radius 2 is 1.86 bits per heavy atom. The maximum atomic E-state index is 9.76. The zero-order valence-corrected chi connectivity index (χ0v) is 8.45. The monoisotopic (exact) mass is 192 g/mol. The molecule has 1 saturated carbocycles. The molecule has 14 heavy (non-hydrogen) atoms. The van der Waals surface area contributed by atoms with Crippen LogP contribution in [0.3, 0.4) is 0 Å². The molecule has 0 bridgehead atoms. The van der Waals surface area contributed by atoms with Crippen LogP contribution < -0.4 is 0 Å². The summed E-state index contributed by atoms with van der Waals surface area (Å²) >= 11 is 0. The molecule has 0 spiro atoms. The molecule has 1 fully saturated rings. The van der Waals surface area contributed by atoms with Crippen LogP contribution in [-0.2, 0) is 12.8 Å². The quantitative estimate of drug-likeness (QED) is 0.769. The highest BCUT2D eigenvalue weighted by Gasteiger charge is 2.40. The van der Waals surface area contributed by atoms with E-state index in [4.69, 9.17) is 0 Å². The minimum Gasteiger partial charge on any atom is -0.508 e. The second kappa shape index (κ2) is 3.28. The van der Waals surface area contributed by atoms with E-state index in [1.165, 1.54) is 0 Å². The molecule has 2 heteroatoms. The van der Waals surface area contributed by atoms with Gasteiger partial charge in [-0.15, -0.1) is 0 Å². The van der Waals surface area contributed by atoms with Gasteiger partial charge in [-0.05, 0) is 42.5 Å². The minimum absolute atomic E-state index is 0.309. The lowest BCUT2D eigenvalue weighted by molar-refractivity contribution is 0.151. The Bertz CT molecular complexity index is 340. The van der Waals surface area contributed by atoms with E-state index in [-0.39, 0.29) is 0 Å². The lowest BCUT2D eigenvalue weighted by atomic mass is 10.0. The van der Waals surface area contributed by atoms with Crippen LogP contribution in [0.5, 0.6) is 5.75 Å². The van der Waals surface area contributed by atoms with Crippen LogP contribution in [0.2, 0.25) is 0 Å². The number of phenolic OH excluding ortho intramolecular Hbond substituents is 1. The topological polar surface area (TPSA) is 40.5 Å².